The van der Waals surface area contributed by atoms with E-state index in [1.807, 2.05) is 18.5 Å². The zero-order chi connectivity index (χ0) is 10.0. The molecule has 1 N–H and O–H groups in total. The molecule has 1 saturated carbocycles. The van der Waals surface area contributed by atoms with Gasteiger partial charge in [0.25, 0.3) is 0 Å². The Morgan fingerprint density at radius 2 is 2.14 bits per heavy atom. The van der Waals surface area contributed by atoms with E-state index in [0.29, 0.717) is 0 Å². The Balaban J connectivity index is 2.14. The first-order valence-corrected chi connectivity index (χ1v) is 5.87. The Hall–Kier alpha value is -0.570. The van der Waals surface area contributed by atoms with Crippen molar-refractivity contribution in [2.75, 3.05) is 5.32 Å². The van der Waals surface area contributed by atoms with E-state index in [1.165, 1.54) is 25.7 Å². The highest BCUT2D eigenvalue weighted by Crippen LogP contribution is 2.34. The monoisotopic (exact) mass is 254 g/mol. The molecule has 3 heteroatoms. The first kappa shape index (κ1) is 9.97. The molecule has 1 aromatic heterocycles. The van der Waals surface area contributed by atoms with Gasteiger partial charge < -0.3 is 5.32 Å². The molecular formula is C11H15BrN2. The smallest absolute Gasteiger partial charge is 0.0590 e. The highest BCUT2D eigenvalue weighted by molar-refractivity contribution is 9.10. The fourth-order valence-electron chi connectivity index (χ4n) is 2.08. The van der Waals surface area contributed by atoms with Crippen LogP contribution in [0.15, 0.2) is 22.9 Å². The largest absolute Gasteiger partial charge is 0.379 e. The lowest BCUT2D eigenvalue weighted by Crippen LogP contribution is -2.30. The van der Waals surface area contributed by atoms with Gasteiger partial charge >= 0.3 is 0 Å². The molecule has 1 heterocycles. The second-order valence-corrected chi connectivity index (χ2v) is 5.10. The van der Waals surface area contributed by atoms with Crippen LogP contribution in [0.25, 0.3) is 0 Å². The SMILES string of the molecule is CC1(Nc2ccncc2Br)CCCC1. The zero-order valence-electron chi connectivity index (χ0n) is 8.39. The second-order valence-electron chi connectivity index (χ2n) is 4.25. The summed E-state index contributed by atoms with van der Waals surface area (Å²) >= 11 is 3.50. The molecule has 2 nitrogen and oxygen atoms in total. The minimum atomic E-state index is 0.282. The summed E-state index contributed by atoms with van der Waals surface area (Å²) in [4.78, 5) is 4.06. The summed E-state index contributed by atoms with van der Waals surface area (Å²) in [7, 11) is 0. The van der Waals surface area contributed by atoms with Crippen LogP contribution in [0, 0.1) is 0 Å². The molecule has 0 unspecified atom stereocenters. The van der Waals surface area contributed by atoms with Crippen LogP contribution < -0.4 is 5.32 Å². The van der Waals surface area contributed by atoms with E-state index in [2.05, 4.69) is 33.2 Å². The molecule has 1 aliphatic carbocycles. The molecule has 1 aliphatic rings. The molecule has 0 spiro atoms. The summed E-state index contributed by atoms with van der Waals surface area (Å²) in [5, 5.41) is 3.60. The quantitative estimate of drug-likeness (QED) is 0.873. The molecule has 0 aromatic carbocycles. The first-order chi connectivity index (χ1) is 6.70. The summed E-state index contributed by atoms with van der Waals surface area (Å²) in [5.74, 6) is 0. The van der Waals surface area contributed by atoms with Crippen molar-refractivity contribution in [3.05, 3.63) is 22.9 Å². The number of pyridine rings is 1. The van der Waals surface area contributed by atoms with E-state index in [4.69, 9.17) is 0 Å². The molecule has 0 aliphatic heterocycles. The minimum Gasteiger partial charge on any atom is -0.379 e. The van der Waals surface area contributed by atoms with Crippen molar-refractivity contribution in [3.63, 3.8) is 0 Å². The van der Waals surface area contributed by atoms with Gasteiger partial charge in [-0.3, -0.25) is 4.98 Å². The number of halogens is 1. The lowest BCUT2D eigenvalue weighted by molar-refractivity contribution is 0.533. The van der Waals surface area contributed by atoms with Gasteiger partial charge in [0.15, 0.2) is 0 Å². The average Bonchev–Trinajstić information content (AvgIpc) is 2.57. The summed E-state index contributed by atoms with van der Waals surface area (Å²) in [6.07, 6.45) is 8.87. The summed E-state index contributed by atoms with van der Waals surface area (Å²) in [6, 6.07) is 2.02. The van der Waals surface area contributed by atoms with Crippen LogP contribution in [0.2, 0.25) is 0 Å². The number of hydrogen-bond acceptors (Lipinski definition) is 2. The number of anilines is 1. The van der Waals surface area contributed by atoms with Crippen molar-refractivity contribution >= 4 is 21.6 Å². The first-order valence-electron chi connectivity index (χ1n) is 5.07. The van der Waals surface area contributed by atoms with Crippen molar-refractivity contribution in [2.24, 2.45) is 0 Å². The van der Waals surface area contributed by atoms with Crippen LogP contribution in [-0.2, 0) is 0 Å². The fourth-order valence-corrected chi connectivity index (χ4v) is 2.43. The number of nitrogens with zero attached hydrogens (tertiary/aromatic N) is 1. The zero-order valence-corrected chi connectivity index (χ0v) is 9.97. The van der Waals surface area contributed by atoms with E-state index in [0.717, 1.165) is 10.2 Å². The maximum absolute atomic E-state index is 4.06. The number of rotatable bonds is 2. The molecule has 0 amide bonds. The van der Waals surface area contributed by atoms with Gasteiger partial charge in [0, 0.05) is 17.9 Å². The minimum absolute atomic E-state index is 0.282. The van der Waals surface area contributed by atoms with Gasteiger partial charge in [0.1, 0.15) is 0 Å². The number of hydrogen-bond donors (Lipinski definition) is 1. The Morgan fingerprint density at radius 1 is 1.43 bits per heavy atom. The third kappa shape index (κ3) is 2.08. The van der Waals surface area contributed by atoms with Crippen LogP contribution >= 0.6 is 15.9 Å². The highest BCUT2D eigenvalue weighted by atomic mass is 79.9. The van der Waals surface area contributed by atoms with Crippen molar-refractivity contribution in [1.29, 1.82) is 0 Å². The van der Waals surface area contributed by atoms with Gasteiger partial charge in [-0.2, -0.15) is 0 Å². The van der Waals surface area contributed by atoms with Gasteiger partial charge in [-0.1, -0.05) is 12.8 Å². The highest BCUT2D eigenvalue weighted by Gasteiger charge is 2.28. The van der Waals surface area contributed by atoms with E-state index in [1.54, 1.807) is 0 Å². The number of aromatic nitrogens is 1. The van der Waals surface area contributed by atoms with Crippen LogP contribution in [0.3, 0.4) is 0 Å². The Morgan fingerprint density at radius 3 is 2.79 bits per heavy atom. The third-order valence-corrected chi connectivity index (χ3v) is 3.55. The van der Waals surface area contributed by atoms with Crippen molar-refractivity contribution in [2.45, 2.75) is 38.1 Å². The van der Waals surface area contributed by atoms with Crippen molar-refractivity contribution < 1.29 is 0 Å². The average molecular weight is 255 g/mol. The van der Waals surface area contributed by atoms with Gasteiger partial charge in [-0.05, 0) is 41.8 Å². The second kappa shape index (κ2) is 3.89. The Kier molecular flexibility index (Phi) is 2.77. The molecular weight excluding hydrogens is 240 g/mol. The standard InChI is InChI=1S/C11H15BrN2/c1-11(5-2-3-6-11)14-10-4-7-13-8-9(10)12/h4,7-8H,2-3,5-6H2,1H3,(H,13,14). The molecule has 0 bridgehead atoms. The number of nitrogens with one attached hydrogen (secondary N) is 1. The molecule has 14 heavy (non-hydrogen) atoms. The Labute approximate surface area is 93.3 Å². The summed E-state index contributed by atoms with van der Waals surface area (Å²) < 4.78 is 1.05. The fraction of sp³-hybridized carbons (Fsp3) is 0.545. The van der Waals surface area contributed by atoms with Crippen molar-refractivity contribution in [1.82, 2.24) is 4.98 Å². The maximum atomic E-state index is 4.06. The van der Waals surface area contributed by atoms with Gasteiger partial charge in [-0.25, -0.2) is 0 Å². The molecule has 2 rings (SSSR count). The van der Waals surface area contributed by atoms with Gasteiger partial charge in [0.05, 0.1) is 10.2 Å². The molecule has 0 saturated heterocycles. The lowest BCUT2D eigenvalue weighted by atomic mass is 10.0. The predicted molar refractivity (Wildman–Crippen MR) is 62.4 cm³/mol. The third-order valence-electron chi connectivity index (χ3n) is 2.92. The molecule has 1 aromatic rings. The van der Waals surface area contributed by atoms with Crippen LogP contribution in [0.4, 0.5) is 5.69 Å². The molecule has 0 atom stereocenters. The van der Waals surface area contributed by atoms with Crippen molar-refractivity contribution in [3.8, 4) is 0 Å². The van der Waals surface area contributed by atoms with Crippen LogP contribution in [0.5, 0.6) is 0 Å². The normalized spacial score (nSPS) is 19.6. The summed E-state index contributed by atoms with van der Waals surface area (Å²) in [5.41, 5.74) is 1.44. The van der Waals surface area contributed by atoms with Crippen LogP contribution in [0.1, 0.15) is 32.6 Å². The van der Waals surface area contributed by atoms with Gasteiger partial charge in [0.2, 0.25) is 0 Å². The maximum Gasteiger partial charge on any atom is 0.0590 e. The van der Waals surface area contributed by atoms with Gasteiger partial charge in [-0.15, -0.1) is 0 Å². The van der Waals surface area contributed by atoms with E-state index in [9.17, 15) is 0 Å². The molecule has 0 radical (unpaired) electrons. The van der Waals surface area contributed by atoms with E-state index >= 15 is 0 Å². The topological polar surface area (TPSA) is 24.9 Å². The van der Waals surface area contributed by atoms with Crippen LogP contribution in [-0.4, -0.2) is 10.5 Å². The lowest BCUT2D eigenvalue weighted by Gasteiger charge is -2.27. The summed E-state index contributed by atoms with van der Waals surface area (Å²) in [6.45, 7) is 2.30. The predicted octanol–water partition coefficient (Wildman–Crippen LogP) is 3.59. The molecule has 1 fully saturated rings. The van der Waals surface area contributed by atoms with E-state index in [-0.39, 0.29) is 5.54 Å². The molecule has 76 valence electrons. The van der Waals surface area contributed by atoms with E-state index < -0.39 is 0 Å². The Bertz CT molecular complexity index is 319.